The summed E-state index contributed by atoms with van der Waals surface area (Å²) >= 11 is 7.08. The van der Waals surface area contributed by atoms with Crippen LogP contribution in [0.15, 0.2) is 64.5 Å². The van der Waals surface area contributed by atoms with E-state index in [4.69, 9.17) is 11.6 Å². The van der Waals surface area contributed by atoms with Gasteiger partial charge in [0, 0.05) is 5.56 Å². The summed E-state index contributed by atoms with van der Waals surface area (Å²) in [6, 6.07) is 17.7. The number of halogens is 1. The number of H-pyrrole nitrogens is 1. The molecule has 0 fully saturated rings. The standard InChI is InChI=1S/C19H13ClN4O2S/c20-14-8-4-5-9-15(14)22-16(25)11-27-19-23-17(12-6-2-1-3-7-12)13(10-21)18(26)24-19/h1-9H,11H2,(H,22,25)(H,23,24,26). The number of hydrogen-bond acceptors (Lipinski definition) is 5. The smallest absolute Gasteiger partial charge is 0.270 e. The number of anilines is 1. The summed E-state index contributed by atoms with van der Waals surface area (Å²) in [4.78, 5) is 31.2. The third-order valence-electron chi connectivity index (χ3n) is 3.54. The lowest BCUT2D eigenvalue weighted by Gasteiger charge is -2.08. The number of nitriles is 1. The van der Waals surface area contributed by atoms with Crippen LogP contribution in [0.3, 0.4) is 0 Å². The number of carbonyl (C=O) groups is 1. The van der Waals surface area contributed by atoms with Gasteiger partial charge in [0.15, 0.2) is 5.16 Å². The molecule has 0 spiro atoms. The van der Waals surface area contributed by atoms with Gasteiger partial charge in [0.2, 0.25) is 5.91 Å². The van der Waals surface area contributed by atoms with Gasteiger partial charge in [0.1, 0.15) is 11.6 Å². The molecular weight excluding hydrogens is 384 g/mol. The number of nitrogens with one attached hydrogen (secondary N) is 2. The maximum atomic E-state index is 12.2. The van der Waals surface area contributed by atoms with Gasteiger partial charge in [-0.25, -0.2) is 4.98 Å². The molecule has 0 bridgehead atoms. The quantitative estimate of drug-likeness (QED) is 0.506. The third-order valence-corrected chi connectivity index (χ3v) is 4.75. The number of para-hydroxylation sites is 1. The van der Waals surface area contributed by atoms with E-state index in [0.717, 1.165) is 11.8 Å². The molecule has 134 valence electrons. The predicted octanol–water partition coefficient (Wildman–Crippen LogP) is 3.69. The summed E-state index contributed by atoms with van der Waals surface area (Å²) in [7, 11) is 0. The first kappa shape index (κ1) is 18.7. The summed E-state index contributed by atoms with van der Waals surface area (Å²) in [6.45, 7) is 0. The van der Waals surface area contributed by atoms with Gasteiger partial charge >= 0.3 is 0 Å². The maximum absolute atomic E-state index is 12.2. The zero-order valence-corrected chi connectivity index (χ0v) is 15.5. The molecule has 1 amide bonds. The van der Waals surface area contributed by atoms with Crippen molar-refractivity contribution in [3.63, 3.8) is 0 Å². The number of aromatic amines is 1. The topological polar surface area (TPSA) is 98.6 Å². The van der Waals surface area contributed by atoms with Gasteiger partial charge in [0.05, 0.1) is 22.2 Å². The fourth-order valence-electron chi connectivity index (χ4n) is 2.31. The Balaban J connectivity index is 1.79. The number of rotatable bonds is 5. The van der Waals surface area contributed by atoms with Gasteiger partial charge in [-0.1, -0.05) is 65.8 Å². The first-order valence-corrected chi connectivity index (χ1v) is 9.22. The molecule has 3 rings (SSSR count). The fourth-order valence-corrected chi connectivity index (χ4v) is 3.16. The first-order chi connectivity index (χ1) is 13.1. The molecule has 6 nitrogen and oxygen atoms in total. The Kier molecular flexibility index (Phi) is 5.91. The highest BCUT2D eigenvalue weighted by Crippen LogP contribution is 2.23. The minimum atomic E-state index is -0.541. The minimum Gasteiger partial charge on any atom is -0.324 e. The summed E-state index contributed by atoms with van der Waals surface area (Å²) < 4.78 is 0. The van der Waals surface area contributed by atoms with Crippen LogP contribution in [0.25, 0.3) is 11.3 Å². The summed E-state index contributed by atoms with van der Waals surface area (Å²) in [5.74, 6) is -0.268. The van der Waals surface area contributed by atoms with Crippen LogP contribution in [-0.4, -0.2) is 21.6 Å². The number of nitrogens with zero attached hydrogens (tertiary/aromatic N) is 2. The lowest BCUT2D eigenvalue weighted by molar-refractivity contribution is -0.113. The maximum Gasteiger partial charge on any atom is 0.270 e. The molecule has 2 N–H and O–H groups in total. The third kappa shape index (κ3) is 4.56. The van der Waals surface area contributed by atoms with E-state index >= 15 is 0 Å². The van der Waals surface area contributed by atoms with Gasteiger partial charge in [-0.15, -0.1) is 0 Å². The Morgan fingerprint density at radius 3 is 2.59 bits per heavy atom. The molecule has 0 radical (unpaired) electrons. The van der Waals surface area contributed by atoms with E-state index in [2.05, 4.69) is 15.3 Å². The van der Waals surface area contributed by atoms with Gasteiger partial charge in [-0.05, 0) is 12.1 Å². The van der Waals surface area contributed by atoms with Crippen LogP contribution in [-0.2, 0) is 4.79 Å². The second-order valence-electron chi connectivity index (χ2n) is 5.39. The Labute approximate surface area is 164 Å². The largest absolute Gasteiger partial charge is 0.324 e. The van der Waals surface area contributed by atoms with Crippen molar-refractivity contribution >= 4 is 35.0 Å². The van der Waals surface area contributed by atoms with Crippen molar-refractivity contribution < 1.29 is 4.79 Å². The number of thioether (sulfide) groups is 1. The van der Waals surface area contributed by atoms with Crippen molar-refractivity contribution in [2.75, 3.05) is 11.1 Å². The second kappa shape index (κ2) is 8.54. The minimum absolute atomic E-state index is 0.0221. The molecule has 27 heavy (non-hydrogen) atoms. The van der Waals surface area contributed by atoms with Crippen molar-refractivity contribution in [1.82, 2.24) is 9.97 Å². The van der Waals surface area contributed by atoms with Gasteiger partial charge in [-0.2, -0.15) is 5.26 Å². The average molecular weight is 397 g/mol. The Morgan fingerprint density at radius 2 is 1.89 bits per heavy atom. The van der Waals surface area contributed by atoms with E-state index < -0.39 is 5.56 Å². The molecule has 1 aromatic heterocycles. The highest BCUT2D eigenvalue weighted by atomic mass is 35.5. The van der Waals surface area contributed by atoms with Crippen LogP contribution in [0, 0.1) is 11.3 Å². The average Bonchev–Trinajstić information content (AvgIpc) is 2.68. The monoisotopic (exact) mass is 396 g/mol. The van der Waals surface area contributed by atoms with Crippen molar-refractivity contribution in [1.29, 1.82) is 5.26 Å². The zero-order valence-electron chi connectivity index (χ0n) is 13.9. The van der Waals surface area contributed by atoms with Gasteiger partial charge in [-0.3, -0.25) is 9.59 Å². The molecule has 8 heteroatoms. The summed E-state index contributed by atoms with van der Waals surface area (Å²) in [5.41, 5.74) is 0.848. The number of carbonyl (C=O) groups excluding carboxylic acids is 1. The molecule has 0 atom stereocenters. The van der Waals surface area contributed by atoms with Gasteiger partial charge < -0.3 is 10.3 Å². The van der Waals surface area contributed by atoms with Crippen LogP contribution < -0.4 is 10.9 Å². The first-order valence-electron chi connectivity index (χ1n) is 7.85. The van der Waals surface area contributed by atoms with Crippen LogP contribution in [0.1, 0.15) is 5.56 Å². The lowest BCUT2D eigenvalue weighted by Crippen LogP contribution is -2.17. The fraction of sp³-hybridized carbons (Fsp3) is 0.0526. The SMILES string of the molecule is N#Cc1c(-c2ccccc2)nc(SCC(=O)Nc2ccccc2Cl)[nH]c1=O. The van der Waals surface area contributed by atoms with E-state index in [1.54, 1.807) is 48.5 Å². The van der Waals surface area contributed by atoms with Crippen molar-refractivity contribution in [3.8, 4) is 17.3 Å². The molecule has 0 unspecified atom stereocenters. The summed E-state index contributed by atoms with van der Waals surface area (Å²) in [6.07, 6.45) is 0. The molecule has 2 aromatic carbocycles. The molecule has 0 saturated carbocycles. The summed E-state index contributed by atoms with van der Waals surface area (Å²) in [5, 5.41) is 12.7. The lowest BCUT2D eigenvalue weighted by atomic mass is 10.1. The van der Waals surface area contributed by atoms with Crippen LogP contribution in [0.4, 0.5) is 5.69 Å². The van der Waals surface area contributed by atoms with E-state index in [0.29, 0.717) is 16.3 Å². The Bertz CT molecular complexity index is 1080. The molecule has 1 heterocycles. The van der Waals surface area contributed by atoms with E-state index in [9.17, 15) is 14.9 Å². The number of hydrogen-bond donors (Lipinski definition) is 2. The zero-order chi connectivity index (χ0) is 19.2. The van der Waals surface area contributed by atoms with Crippen molar-refractivity contribution in [2.24, 2.45) is 0 Å². The highest BCUT2D eigenvalue weighted by molar-refractivity contribution is 7.99. The van der Waals surface area contributed by atoms with E-state index in [1.807, 2.05) is 12.1 Å². The molecule has 0 aliphatic heterocycles. The molecule has 0 aliphatic rings. The van der Waals surface area contributed by atoms with E-state index in [1.165, 1.54) is 0 Å². The Morgan fingerprint density at radius 1 is 1.19 bits per heavy atom. The second-order valence-corrected chi connectivity index (χ2v) is 6.76. The normalized spacial score (nSPS) is 10.2. The molecule has 0 saturated heterocycles. The predicted molar refractivity (Wildman–Crippen MR) is 106 cm³/mol. The number of aromatic nitrogens is 2. The number of amides is 1. The molecule has 0 aliphatic carbocycles. The van der Waals surface area contributed by atoms with E-state index in [-0.39, 0.29) is 28.1 Å². The van der Waals surface area contributed by atoms with Crippen LogP contribution in [0.5, 0.6) is 0 Å². The van der Waals surface area contributed by atoms with Crippen LogP contribution >= 0.6 is 23.4 Å². The van der Waals surface area contributed by atoms with Crippen molar-refractivity contribution in [3.05, 3.63) is 75.5 Å². The highest BCUT2D eigenvalue weighted by Gasteiger charge is 2.14. The number of benzene rings is 2. The van der Waals surface area contributed by atoms with Crippen molar-refractivity contribution in [2.45, 2.75) is 5.16 Å². The molecule has 3 aromatic rings. The Hall–Kier alpha value is -3.08. The van der Waals surface area contributed by atoms with Gasteiger partial charge in [0.25, 0.3) is 5.56 Å². The molecular formula is C19H13ClN4O2S. The van der Waals surface area contributed by atoms with Crippen LogP contribution in [0.2, 0.25) is 5.02 Å².